The number of β-amino-alcohol motifs (C(OH)–C–C–N with tert-alkyl or cyclic N) is 1. The number of nitrogens with one attached hydrogen (secondary N) is 1. The number of urea groups is 1. The summed E-state index contributed by atoms with van der Waals surface area (Å²) in [6.45, 7) is 7.50. The first-order chi connectivity index (χ1) is 12.0. The van der Waals surface area contributed by atoms with Gasteiger partial charge < -0.3 is 15.3 Å². The highest BCUT2D eigenvalue weighted by Gasteiger charge is 2.30. The minimum Gasteiger partial charge on any atom is -0.391 e. The third-order valence-corrected chi connectivity index (χ3v) is 5.89. The summed E-state index contributed by atoms with van der Waals surface area (Å²) in [6, 6.07) is 11.2. The predicted octanol–water partition coefficient (Wildman–Crippen LogP) is 2.62. The maximum atomic E-state index is 12.4. The fourth-order valence-electron chi connectivity index (χ4n) is 3.87. The van der Waals surface area contributed by atoms with Crippen molar-refractivity contribution in [1.29, 1.82) is 0 Å². The molecule has 3 unspecified atom stereocenters. The summed E-state index contributed by atoms with van der Waals surface area (Å²) in [6.07, 6.45) is 2.45. The number of amides is 2. The zero-order valence-corrected chi connectivity index (χ0v) is 15.4. The zero-order chi connectivity index (χ0) is 17.8. The van der Waals surface area contributed by atoms with E-state index in [0.29, 0.717) is 12.6 Å². The monoisotopic (exact) mass is 345 g/mol. The van der Waals surface area contributed by atoms with Gasteiger partial charge in [0.15, 0.2) is 0 Å². The van der Waals surface area contributed by atoms with E-state index in [0.717, 1.165) is 38.9 Å². The Labute approximate surface area is 151 Å². The van der Waals surface area contributed by atoms with Crippen LogP contribution in [0.15, 0.2) is 30.3 Å². The lowest BCUT2D eigenvalue weighted by Gasteiger charge is -2.38. The summed E-state index contributed by atoms with van der Waals surface area (Å²) >= 11 is 0. The number of nitrogens with zero attached hydrogens (tertiary/aromatic N) is 2. The minimum atomic E-state index is -0.395. The van der Waals surface area contributed by atoms with E-state index in [4.69, 9.17) is 0 Å². The summed E-state index contributed by atoms with van der Waals surface area (Å²) in [5.41, 5.74) is 1.35. The fraction of sp³-hybridized carbons (Fsp3) is 0.650. The van der Waals surface area contributed by atoms with Crippen molar-refractivity contribution in [3.05, 3.63) is 35.9 Å². The van der Waals surface area contributed by atoms with E-state index in [1.165, 1.54) is 5.56 Å². The Balaban J connectivity index is 1.45. The van der Waals surface area contributed by atoms with Crippen LogP contribution in [0.2, 0.25) is 0 Å². The van der Waals surface area contributed by atoms with E-state index in [1.54, 1.807) is 4.90 Å². The first kappa shape index (κ1) is 18.2. The average molecular weight is 345 g/mol. The zero-order valence-electron chi connectivity index (χ0n) is 15.4. The van der Waals surface area contributed by atoms with Gasteiger partial charge >= 0.3 is 6.03 Å². The van der Waals surface area contributed by atoms with Crippen LogP contribution in [-0.2, 0) is 0 Å². The number of likely N-dealkylation sites (tertiary alicyclic amines) is 2. The van der Waals surface area contributed by atoms with Gasteiger partial charge in [-0.2, -0.15) is 0 Å². The molecule has 0 bridgehead atoms. The predicted molar refractivity (Wildman–Crippen MR) is 99.3 cm³/mol. The molecule has 0 spiro atoms. The molecule has 2 amide bonds. The standard InChI is InChI=1S/C20H31N3O2/c1-15-8-11-23(14-19(15)24)20(25)21-18-9-12-22(13-10-18)16(2)17-6-4-3-5-7-17/h3-7,15-16,18-19,24H,8-14H2,1-2H3,(H,21,25). The number of rotatable bonds is 3. The third kappa shape index (κ3) is 4.53. The number of hydrogen-bond acceptors (Lipinski definition) is 3. The van der Waals surface area contributed by atoms with E-state index < -0.39 is 6.10 Å². The van der Waals surface area contributed by atoms with Crippen LogP contribution >= 0.6 is 0 Å². The van der Waals surface area contributed by atoms with Gasteiger partial charge in [0.2, 0.25) is 0 Å². The molecule has 0 radical (unpaired) electrons. The normalized spacial score (nSPS) is 27.1. The first-order valence-electron chi connectivity index (χ1n) is 9.57. The Kier molecular flexibility index (Phi) is 5.97. The third-order valence-electron chi connectivity index (χ3n) is 5.89. The molecule has 0 saturated carbocycles. The van der Waals surface area contributed by atoms with Crippen LogP contribution in [0.25, 0.3) is 0 Å². The van der Waals surface area contributed by atoms with Crippen molar-refractivity contribution in [2.75, 3.05) is 26.2 Å². The Morgan fingerprint density at radius 1 is 1.16 bits per heavy atom. The van der Waals surface area contributed by atoms with Crippen molar-refractivity contribution >= 4 is 6.03 Å². The molecule has 138 valence electrons. The van der Waals surface area contributed by atoms with Gasteiger partial charge in [0, 0.05) is 38.3 Å². The van der Waals surface area contributed by atoms with Crippen LogP contribution in [0.1, 0.15) is 44.7 Å². The van der Waals surface area contributed by atoms with Crippen molar-refractivity contribution < 1.29 is 9.90 Å². The molecule has 3 rings (SSSR count). The van der Waals surface area contributed by atoms with E-state index in [-0.39, 0.29) is 18.0 Å². The van der Waals surface area contributed by atoms with Crippen molar-refractivity contribution in [2.24, 2.45) is 5.92 Å². The van der Waals surface area contributed by atoms with Gasteiger partial charge in [-0.25, -0.2) is 4.79 Å². The molecule has 2 fully saturated rings. The van der Waals surface area contributed by atoms with E-state index in [9.17, 15) is 9.90 Å². The molecule has 1 aromatic rings. The lowest BCUT2D eigenvalue weighted by Crippen LogP contribution is -2.53. The van der Waals surface area contributed by atoms with E-state index >= 15 is 0 Å². The van der Waals surface area contributed by atoms with Gasteiger partial charge in [-0.15, -0.1) is 0 Å². The molecule has 5 nitrogen and oxygen atoms in total. The summed E-state index contributed by atoms with van der Waals surface area (Å²) < 4.78 is 0. The molecule has 25 heavy (non-hydrogen) atoms. The largest absolute Gasteiger partial charge is 0.391 e. The lowest BCUT2D eigenvalue weighted by molar-refractivity contribution is 0.0421. The molecule has 5 heteroatoms. The quantitative estimate of drug-likeness (QED) is 0.885. The van der Waals surface area contributed by atoms with Crippen molar-refractivity contribution in [3.63, 3.8) is 0 Å². The summed E-state index contributed by atoms with van der Waals surface area (Å²) in [5, 5.41) is 13.2. The second kappa shape index (κ2) is 8.19. The second-order valence-electron chi connectivity index (χ2n) is 7.63. The Morgan fingerprint density at radius 3 is 2.48 bits per heavy atom. The van der Waals surface area contributed by atoms with Gasteiger partial charge in [0.25, 0.3) is 0 Å². The van der Waals surface area contributed by atoms with Crippen LogP contribution in [-0.4, -0.2) is 59.3 Å². The number of aliphatic hydroxyl groups excluding tert-OH is 1. The molecular formula is C20H31N3O2. The van der Waals surface area contributed by atoms with Gasteiger partial charge in [0.05, 0.1) is 6.10 Å². The number of aliphatic hydroxyl groups is 1. The Hall–Kier alpha value is -1.59. The topological polar surface area (TPSA) is 55.8 Å². The SMILES string of the molecule is CC1CCN(C(=O)NC2CCN(C(C)c3ccccc3)CC2)CC1O. The molecule has 3 atom stereocenters. The fourth-order valence-corrected chi connectivity index (χ4v) is 3.87. The molecule has 2 heterocycles. The number of carbonyl (C=O) groups excluding carboxylic acids is 1. The van der Waals surface area contributed by atoms with Crippen LogP contribution in [0.4, 0.5) is 4.79 Å². The van der Waals surface area contributed by atoms with Crippen LogP contribution in [0.5, 0.6) is 0 Å². The number of carbonyl (C=O) groups is 1. The molecule has 0 aromatic heterocycles. The minimum absolute atomic E-state index is 0.0134. The maximum absolute atomic E-state index is 12.4. The first-order valence-corrected chi connectivity index (χ1v) is 9.57. The number of hydrogen-bond donors (Lipinski definition) is 2. The summed E-state index contributed by atoms with van der Waals surface area (Å²) in [4.78, 5) is 16.7. The number of piperidine rings is 2. The molecular weight excluding hydrogens is 314 g/mol. The van der Waals surface area contributed by atoms with E-state index in [1.807, 2.05) is 6.92 Å². The van der Waals surface area contributed by atoms with Crippen LogP contribution < -0.4 is 5.32 Å². The van der Waals surface area contributed by atoms with Crippen LogP contribution in [0.3, 0.4) is 0 Å². The average Bonchev–Trinajstić information content (AvgIpc) is 2.64. The molecule has 1 aromatic carbocycles. The Morgan fingerprint density at radius 2 is 1.84 bits per heavy atom. The molecule has 0 aliphatic carbocycles. The van der Waals surface area contributed by atoms with Gasteiger partial charge in [-0.3, -0.25) is 4.90 Å². The smallest absolute Gasteiger partial charge is 0.317 e. The van der Waals surface area contributed by atoms with Gasteiger partial charge in [-0.05, 0) is 37.7 Å². The molecule has 2 aliphatic rings. The van der Waals surface area contributed by atoms with Gasteiger partial charge in [0.1, 0.15) is 0 Å². The van der Waals surface area contributed by atoms with E-state index in [2.05, 4.69) is 47.5 Å². The Bertz CT molecular complexity index is 557. The number of benzene rings is 1. The lowest BCUT2D eigenvalue weighted by atomic mass is 9.96. The molecule has 2 aliphatic heterocycles. The van der Waals surface area contributed by atoms with Crippen LogP contribution in [0, 0.1) is 5.92 Å². The summed E-state index contributed by atoms with van der Waals surface area (Å²) in [7, 11) is 0. The summed E-state index contributed by atoms with van der Waals surface area (Å²) in [5.74, 6) is 0.284. The maximum Gasteiger partial charge on any atom is 0.317 e. The van der Waals surface area contributed by atoms with Crippen molar-refractivity contribution in [1.82, 2.24) is 15.1 Å². The molecule has 2 N–H and O–H groups in total. The van der Waals surface area contributed by atoms with Crippen molar-refractivity contribution in [3.8, 4) is 0 Å². The highest BCUT2D eigenvalue weighted by Crippen LogP contribution is 2.24. The van der Waals surface area contributed by atoms with Gasteiger partial charge in [-0.1, -0.05) is 37.3 Å². The highest BCUT2D eigenvalue weighted by atomic mass is 16.3. The van der Waals surface area contributed by atoms with Crippen molar-refractivity contribution in [2.45, 2.75) is 51.3 Å². The highest BCUT2D eigenvalue weighted by molar-refractivity contribution is 5.74. The second-order valence-corrected chi connectivity index (χ2v) is 7.63. The molecule has 2 saturated heterocycles.